The fraction of sp³-hybridized carbons (Fsp3) is 0.421. The number of ether oxygens (including phenoxy) is 1. The van der Waals surface area contributed by atoms with Gasteiger partial charge in [-0.25, -0.2) is 9.78 Å². The second-order valence-corrected chi connectivity index (χ2v) is 6.77. The molecular weight excluding hydrogens is 346 g/mol. The Kier molecular flexibility index (Phi) is 4.81. The Labute approximate surface area is 157 Å². The van der Waals surface area contributed by atoms with E-state index in [9.17, 15) is 9.90 Å². The number of carbonyl (C=O) groups is 1. The SMILES string of the molecule is COc1ccnc(N2CCN(C(=O)N[C@H]3c4ccccc4C[C@@H]3O)CC2)n1. The topological polar surface area (TPSA) is 90.8 Å². The summed E-state index contributed by atoms with van der Waals surface area (Å²) in [4.78, 5) is 25.1. The highest BCUT2D eigenvalue weighted by Gasteiger charge is 2.33. The normalized spacial score (nSPS) is 21.7. The predicted octanol–water partition coefficient (Wildman–Crippen LogP) is 0.975. The third kappa shape index (κ3) is 3.52. The van der Waals surface area contributed by atoms with Crippen LogP contribution in [0.2, 0.25) is 0 Å². The van der Waals surface area contributed by atoms with Crippen LogP contribution in [0.15, 0.2) is 36.5 Å². The van der Waals surface area contributed by atoms with Crippen LogP contribution < -0.4 is 15.0 Å². The molecule has 0 saturated carbocycles. The summed E-state index contributed by atoms with van der Waals surface area (Å²) in [5.74, 6) is 1.13. The van der Waals surface area contributed by atoms with E-state index in [0.717, 1.165) is 11.1 Å². The van der Waals surface area contributed by atoms with Gasteiger partial charge in [0.05, 0.1) is 19.3 Å². The van der Waals surface area contributed by atoms with Gasteiger partial charge < -0.3 is 25.0 Å². The lowest BCUT2D eigenvalue weighted by atomic mass is 10.1. The molecule has 0 radical (unpaired) electrons. The van der Waals surface area contributed by atoms with Gasteiger partial charge in [0.2, 0.25) is 11.8 Å². The van der Waals surface area contributed by atoms with E-state index in [1.54, 1.807) is 24.3 Å². The molecule has 142 valence electrons. The number of fused-ring (bicyclic) bond motifs is 1. The van der Waals surface area contributed by atoms with Gasteiger partial charge in [0, 0.05) is 44.9 Å². The standard InChI is InChI=1S/C19H23N5O3/c1-27-16-6-7-20-18(21-16)23-8-10-24(11-9-23)19(26)22-17-14-5-3-2-4-13(14)12-15(17)25/h2-7,15,17,25H,8-12H2,1H3,(H,22,26)/t15-,17-/m0/s1. The molecule has 2 amide bonds. The monoisotopic (exact) mass is 369 g/mol. The molecule has 1 fully saturated rings. The molecule has 2 atom stereocenters. The summed E-state index contributed by atoms with van der Waals surface area (Å²) in [6, 6.07) is 9.05. The second kappa shape index (κ2) is 7.40. The lowest BCUT2D eigenvalue weighted by molar-refractivity contribution is 0.133. The van der Waals surface area contributed by atoms with Gasteiger partial charge in [-0.15, -0.1) is 0 Å². The number of anilines is 1. The van der Waals surface area contributed by atoms with Crippen molar-refractivity contribution in [3.05, 3.63) is 47.7 Å². The summed E-state index contributed by atoms with van der Waals surface area (Å²) in [5.41, 5.74) is 2.09. The number of carbonyl (C=O) groups excluding carboxylic acids is 1. The highest BCUT2D eigenvalue weighted by molar-refractivity contribution is 5.75. The minimum absolute atomic E-state index is 0.151. The zero-order valence-electron chi connectivity index (χ0n) is 15.2. The Morgan fingerprint density at radius 3 is 2.78 bits per heavy atom. The van der Waals surface area contributed by atoms with Crippen LogP contribution in [-0.2, 0) is 6.42 Å². The Morgan fingerprint density at radius 1 is 1.22 bits per heavy atom. The van der Waals surface area contributed by atoms with Crippen LogP contribution in [0.5, 0.6) is 5.88 Å². The largest absolute Gasteiger partial charge is 0.481 e. The van der Waals surface area contributed by atoms with Gasteiger partial charge in [-0.05, 0) is 11.1 Å². The first-order chi connectivity index (χ1) is 13.2. The summed E-state index contributed by atoms with van der Waals surface area (Å²) in [6.07, 6.45) is 1.65. The molecule has 0 spiro atoms. The van der Waals surface area contributed by atoms with E-state index in [1.807, 2.05) is 29.2 Å². The summed E-state index contributed by atoms with van der Waals surface area (Å²) in [6.45, 7) is 2.42. The molecule has 0 unspecified atom stereocenters. The number of aliphatic hydroxyl groups is 1. The van der Waals surface area contributed by atoms with Crippen LogP contribution >= 0.6 is 0 Å². The van der Waals surface area contributed by atoms with Gasteiger partial charge in [0.15, 0.2) is 0 Å². The van der Waals surface area contributed by atoms with Crippen molar-refractivity contribution < 1.29 is 14.6 Å². The van der Waals surface area contributed by atoms with Crippen molar-refractivity contribution in [1.82, 2.24) is 20.2 Å². The van der Waals surface area contributed by atoms with Crippen molar-refractivity contribution in [3.8, 4) is 5.88 Å². The first-order valence-electron chi connectivity index (χ1n) is 9.09. The summed E-state index contributed by atoms with van der Waals surface area (Å²) in [7, 11) is 1.57. The second-order valence-electron chi connectivity index (χ2n) is 6.77. The van der Waals surface area contributed by atoms with Crippen LogP contribution in [0.25, 0.3) is 0 Å². The van der Waals surface area contributed by atoms with Crippen molar-refractivity contribution in [2.75, 3.05) is 38.2 Å². The number of methoxy groups -OCH3 is 1. The fourth-order valence-corrected chi connectivity index (χ4v) is 3.68. The van der Waals surface area contributed by atoms with E-state index >= 15 is 0 Å². The quantitative estimate of drug-likeness (QED) is 0.838. The van der Waals surface area contributed by atoms with Crippen LogP contribution in [0, 0.1) is 0 Å². The van der Waals surface area contributed by atoms with Crippen molar-refractivity contribution in [2.45, 2.75) is 18.6 Å². The average molecular weight is 369 g/mol. The lowest BCUT2D eigenvalue weighted by Crippen LogP contribution is -2.53. The molecule has 27 heavy (non-hydrogen) atoms. The van der Waals surface area contributed by atoms with Gasteiger partial charge in [-0.2, -0.15) is 4.98 Å². The number of rotatable bonds is 3. The molecule has 1 saturated heterocycles. The first-order valence-corrected chi connectivity index (χ1v) is 9.09. The first kappa shape index (κ1) is 17.5. The van der Waals surface area contributed by atoms with E-state index in [0.29, 0.717) is 44.4 Å². The smallest absolute Gasteiger partial charge is 0.318 e. The number of urea groups is 1. The average Bonchev–Trinajstić information content (AvgIpc) is 3.03. The van der Waals surface area contributed by atoms with Gasteiger partial charge in [0.1, 0.15) is 0 Å². The third-order valence-electron chi connectivity index (χ3n) is 5.16. The highest BCUT2D eigenvalue weighted by atomic mass is 16.5. The summed E-state index contributed by atoms with van der Waals surface area (Å²) < 4.78 is 5.14. The van der Waals surface area contributed by atoms with Crippen LogP contribution in [0.3, 0.4) is 0 Å². The number of aromatic nitrogens is 2. The van der Waals surface area contributed by atoms with E-state index in [1.165, 1.54) is 0 Å². The number of amides is 2. The molecule has 2 heterocycles. The van der Waals surface area contributed by atoms with E-state index in [4.69, 9.17) is 4.74 Å². The van der Waals surface area contributed by atoms with Gasteiger partial charge in [-0.3, -0.25) is 0 Å². The van der Waals surface area contributed by atoms with Crippen molar-refractivity contribution in [2.24, 2.45) is 0 Å². The van der Waals surface area contributed by atoms with E-state index < -0.39 is 6.10 Å². The number of hydrogen-bond acceptors (Lipinski definition) is 6. The van der Waals surface area contributed by atoms with Crippen LogP contribution in [0.4, 0.5) is 10.7 Å². The number of nitrogens with one attached hydrogen (secondary N) is 1. The zero-order valence-corrected chi connectivity index (χ0v) is 15.2. The zero-order chi connectivity index (χ0) is 18.8. The molecule has 1 aliphatic heterocycles. The highest BCUT2D eigenvalue weighted by Crippen LogP contribution is 2.31. The Hall–Kier alpha value is -2.87. The molecule has 0 bridgehead atoms. The summed E-state index contributed by atoms with van der Waals surface area (Å²) >= 11 is 0. The van der Waals surface area contributed by atoms with E-state index in [2.05, 4.69) is 15.3 Å². The van der Waals surface area contributed by atoms with Gasteiger partial charge in [0.25, 0.3) is 0 Å². The molecule has 8 heteroatoms. The van der Waals surface area contributed by atoms with Crippen molar-refractivity contribution in [3.63, 3.8) is 0 Å². The molecule has 1 aliphatic carbocycles. The molecule has 2 aromatic rings. The summed E-state index contributed by atoms with van der Waals surface area (Å²) in [5, 5.41) is 13.3. The van der Waals surface area contributed by atoms with E-state index in [-0.39, 0.29) is 12.1 Å². The van der Waals surface area contributed by atoms with Crippen molar-refractivity contribution in [1.29, 1.82) is 0 Å². The van der Waals surface area contributed by atoms with Gasteiger partial charge in [-0.1, -0.05) is 24.3 Å². The minimum atomic E-state index is -0.585. The maximum Gasteiger partial charge on any atom is 0.318 e. The van der Waals surface area contributed by atoms with Crippen LogP contribution in [0.1, 0.15) is 17.2 Å². The number of aliphatic hydroxyl groups excluding tert-OH is 1. The number of piperazine rings is 1. The van der Waals surface area contributed by atoms with Gasteiger partial charge >= 0.3 is 6.03 Å². The Morgan fingerprint density at radius 2 is 2.00 bits per heavy atom. The van der Waals surface area contributed by atoms with Crippen LogP contribution in [-0.4, -0.2) is 65.4 Å². The maximum absolute atomic E-state index is 12.7. The number of hydrogen-bond donors (Lipinski definition) is 2. The number of nitrogens with zero attached hydrogens (tertiary/aromatic N) is 4. The molecule has 2 aliphatic rings. The Balaban J connectivity index is 1.36. The molecule has 8 nitrogen and oxygen atoms in total. The molecule has 4 rings (SSSR count). The molecule has 1 aromatic heterocycles. The Bertz CT molecular complexity index is 822. The molecule has 1 aromatic carbocycles. The fourth-order valence-electron chi connectivity index (χ4n) is 3.68. The minimum Gasteiger partial charge on any atom is -0.481 e. The number of benzene rings is 1. The maximum atomic E-state index is 12.7. The molecule has 2 N–H and O–H groups in total. The molecular formula is C19H23N5O3. The van der Waals surface area contributed by atoms with Crippen molar-refractivity contribution >= 4 is 12.0 Å². The lowest BCUT2D eigenvalue weighted by Gasteiger charge is -2.35. The third-order valence-corrected chi connectivity index (χ3v) is 5.16. The predicted molar refractivity (Wildman–Crippen MR) is 99.8 cm³/mol.